The highest BCUT2D eigenvalue weighted by atomic mass is 32.2. The Morgan fingerprint density at radius 2 is 1.78 bits per heavy atom. The van der Waals surface area contributed by atoms with Gasteiger partial charge in [-0.05, 0) is 31.9 Å². The first-order chi connectivity index (χ1) is 12.5. The second-order valence-electron chi connectivity index (χ2n) is 7.62. The van der Waals surface area contributed by atoms with E-state index < -0.39 is 9.84 Å². The highest BCUT2D eigenvalue weighted by molar-refractivity contribution is 7.89. The maximum absolute atomic E-state index is 12.3. The van der Waals surface area contributed by atoms with Crippen LogP contribution in [-0.4, -0.2) is 34.4 Å². The van der Waals surface area contributed by atoms with Gasteiger partial charge in [-0.2, -0.15) is 10.1 Å². The van der Waals surface area contributed by atoms with E-state index in [1.807, 2.05) is 32.9 Å². The Morgan fingerprint density at radius 3 is 2.37 bits per heavy atom. The lowest BCUT2D eigenvalue weighted by Gasteiger charge is -2.19. The predicted octanol–water partition coefficient (Wildman–Crippen LogP) is 2.03. The third-order valence-corrected chi connectivity index (χ3v) is 4.84. The molecule has 3 rings (SSSR count). The average molecular weight is 389 g/mol. The van der Waals surface area contributed by atoms with Crippen molar-refractivity contribution in [3.05, 3.63) is 51.9 Å². The van der Waals surface area contributed by atoms with Crippen LogP contribution in [0.25, 0.3) is 11.0 Å². The molecule has 1 aromatic carbocycles. The molecule has 0 aliphatic rings. The lowest BCUT2D eigenvalue weighted by Crippen LogP contribution is -2.24. The summed E-state index contributed by atoms with van der Waals surface area (Å²) in [5.41, 5.74) is 1.66. The van der Waals surface area contributed by atoms with Crippen LogP contribution in [0.1, 0.15) is 31.9 Å². The maximum Gasteiger partial charge on any atom is 0.263 e. The lowest BCUT2D eigenvalue weighted by atomic mass is 10.1. The molecule has 0 atom stereocenters. The van der Waals surface area contributed by atoms with Gasteiger partial charge < -0.3 is 5.32 Å². The van der Waals surface area contributed by atoms with Crippen LogP contribution in [0.3, 0.4) is 0 Å². The number of rotatable bonds is 5. The maximum atomic E-state index is 12.3. The number of hydrogen-bond donors (Lipinski definition) is 2. The van der Waals surface area contributed by atoms with Gasteiger partial charge in [-0.25, -0.2) is 13.1 Å². The molecule has 27 heavy (non-hydrogen) atoms. The Balaban J connectivity index is 1.80. The topological polar surface area (TPSA) is 110 Å². The largest absolute Gasteiger partial charge is 0.352 e. The molecular formula is C18H23N5O3S. The second-order valence-corrected chi connectivity index (χ2v) is 9.76. The molecule has 0 unspecified atom stereocenters. The standard InChI is InChI=1S/C18H23N5O3S/c1-18(2,3)23-15-14(10-20-23)16(24)22-17(21-15)19-9-12-5-7-13(8-6-12)11-27(4,25)26/h5-8,10H,9,11H2,1-4H3,(H2,19,21,22,24). The van der Waals surface area contributed by atoms with Crippen molar-refractivity contribution in [2.45, 2.75) is 38.6 Å². The van der Waals surface area contributed by atoms with Crippen LogP contribution >= 0.6 is 0 Å². The van der Waals surface area contributed by atoms with Crippen molar-refractivity contribution >= 4 is 26.8 Å². The Labute approximate surface area is 157 Å². The first-order valence-electron chi connectivity index (χ1n) is 8.51. The molecule has 0 spiro atoms. The van der Waals surface area contributed by atoms with Crippen LogP contribution in [0.5, 0.6) is 0 Å². The van der Waals surface area contributed by atoms with Gasteiger partial charge in [0.1, 0.15) is 5.39 Å². The summed E-state index contributed by atoms with van der Waals surface area (Å²) in [5.74, 6) is 0.377. The zero-order chi connectivity index (χ0) is 19.8. The highest BCUT2D eigenvalue weighted by Gasteiger charge is 2.19. The van der Waals surface area contributed by atoms with Crippen LogP contribution in [-0.2, 0) is 27.7 Å². The Kier molecular flexibility index (Phi) is 4.81. The van der Waals surface area contributed by atoms with Gasteiger partial charge in [-0.3, -0.25) is 9.78 Å². The molecule has 3 aromatic rings. The normalized spacial score (nSPS) is 12.4. The summed E-state index contributed by atoms with van der Waals surface area (Å²) in [5, 5.41) is 7.83. The van der Waals surface area contributed by atoms with Crippen LogP contribution in [0.15, 0.2) is 35.3 Å². The Morgan fingerprint density at radius 1 is 1.15 bits per heavy atom. The summed E-state index contributed by atoms with van der Waals surface area (Å²) in [4.78, 5) is 19.5. The van der Waals surface area contributed by atoms with Gasteiger partial charge in [0.05, 0.1) is 17.5 Å². The zero-order valence-corrected chi connectivity index (χ0v) is 16.6. The molecular weight excluding hydrogens is 366 g/mol. The fourth-order valence-electron chi connectivity index (χ4n) is 2.73. The van der Waals surface area contributed by atoms with Crippen LogP contribution in [0.2, 0.25) is 0 Å². The average Bonchev–Trinajstić information content (AvgIpc) is 2.97. The summed E-state index contributed by atoms with van der Waals surface area (Å²) >= 11 is 0. The van der Waals surface area contributed by atoms with E-state index in [-0.39, 0.29) is 16.9 Å². The van der Waals surface area contributed by atoms with Gasteiger partial charge in [-0.1, -0.05) is 24.3 Å². The van der Waals surface area contributed by atoms with Gasteiger partial charge >= 0.3 is 0 Å². The molecule has 0 saturated heterocycles. The molecule has 2 heterocycles. The summed E-state index contributed by atoms with van der Waals surface area (Å²) in [6.07, 6.45) is 2.74. The molecule has 0 aliphatic heterocycles. The molecule has 0 amide bonds. The highest BCUT2D eigenvalue weighted by Crippen LogP contribution is 2.19. The summed E-state index contributed by atoms with van der Waals surface area (Å²) < 4.78 is 24.4. The van der Waals surface area contributed by atoms with Crippen molar-refractivity contribution in [3.63, 3.8) is 0 Å². The molecule has 0 radical (unpaired) electrons. The van der Waals surface area contributed by atoms with E-state index in [0.29, 0.717) is 23.5 Å². The van der Waals surface area contributed by atoms with Gasteiger partial charge in [0.2, 0.25) is 5.95 Å². The molecule has 2 N–H and O–H groups in total. The minimum Gasteiger partial charge on any atom is -0.352 e. The molecule has 0 saturated carbocycles. The smallest absolute Gasteiger partial charge is 0.263 e. The van der Waals surface area contributed by atoms with E-state index >= 15 is 0 Å². The number of nitrogens with one attached hydrogen (secondary N) is 2. The number of fused-ring (bicyclic) bond motifs is 1. The van der Waals surface area contributed by atoms with Crippen molar-refractivity contribution in [3.8, 4) is 0 Å². The molecule has 0 bridgehead atoms. The lowest BCUT2D eigenvalue weighted by molar-refractivity contribution is 0.366. The number of aromatic amines is 1. The summed E-state index contributed by atoms with van der Waals surface area (Å²) in [6.45, 7) is 6.42. The first-order valence-corrected chi connectivity index (χ1v) is 10.6. The van der Waals surface area contributed by atoms with E-state index in [4.69, 9.17) is 0 Å². The van der Waals surface area contributed by atoms with Crippen molar-refractivity contribution in [2.24, 2.45) is 0 Å². The van der Waals surface area contributed by atoms with Gasteiger partial charge in [0, 0.05) is 12.8 Å². The zero-order valence-electron chi connectivity index (χ0n) is 15.8. The Bertz CT molecular complexity index is 1120. The summed E-state index contributed by atoms with van der Waals surface area (Å²) in [7, 11) is -3.06. The van der Waals surface area contributed by atoms with E-state index in [1.54, 1.807) is 16.8 Å². The van der Waals surface area contributed by atoms with E-state index in [2.05, 4.69) is 20.4 Å². The molecule has 2 aromatic heterocycles. The van der Waals surface area contributed by atoms with Crippen LogP contribution < -0.4 is 10.9 Å². The number of H-pyrrole nitrogens is 1. The van der Waals surface area contributed by atoms with Crippen molar-refractivity contribution in [2.75, 3.05) is 11.6 Å². The molecule has 8 nitrogen and oxygen atoms in total. The van der Waals surface area contributed by atoms with Gasteiger partial charge in [0.25, 0.3) is 5.56 Å². The minimum absolute atomic E-state index is 0.0169. The van der Waals surface area contributed by atoms with Crippen molar-refractivity contribution < 1.29 is 8.42 Å². The monoisotopic (exact) mass is 389 g/mol. The molecule has 0 fully saturated rings. The predicted molar refractivity (Wildman–Crippen MR) is 105 cm³/mol. The van der Waals surface area contributed by atoms with Gasteiger partial charge in [0.15, 0.2) is 15.5 Å². The minimum atomic E-state index is -3.06. The van der Waals surface area contributed by atoms with Crippen molar-refractivity contribution in [1.82, 2.24) is 19.7 Å². The van der Waals surface area contributed by atoms with E-state index in [0.717, 1.165) is 11.1 Å². The van der Waals surface area contributed by atoms with E-state index in [9.17, 15) is 13.2 Å². The molecule has 144 valence electrons. The number of hydrogen-bond acceptors (Lipinski definition) is 6. The number of aromatic nitrogens is 4. The number of nitrogens with zero attached hydrogens (tertiary/aromatic N) is 3. The number of benzene rings is 1. The molecule has 0 aliphatic carbocycles. The van der Waals surface area contributed by atoms with Gasteiger partial charge in [-0.15, -0.1) is 0 Å². The number of anilines is 1. The quantitative estimate of drug-likeness (QED) is 0.691. The fourth-order valence-corrected chi connectivity index (χ4v) is 3.53. The first kappa shape index (κ1) is 19.1. The number of sulfone groups is 1. The third kappa shape index (κ3) is 4.54. The molecule has 9 heteroatoms. The third-order valence-electron chi connectivity index (χ3n) is 3.99. The van der Waals surface area contributed by atoms with Crippen molar-refractivity contribution in [1.29, 1.82) is 0 Å². The van der Waals surface area contributed by atoms with Crippen LogP contribution in [0.4, 0.5) is 5.95 Å². The Hall–Kier alpha value is -2.68. The van der Waals surface area contributed by atoms with Crippen LogP contribution in [0, 0.1) is 0 Å². The SMILES string of the molecule is CC(C)(C)n1ncc2c(=O)[nH]c(NCc3ccc(CS(C)(=O)=O)cc3)nc21. The van der Waals surface area contributed by atoms with E-state index in [1.165, 1.54) is 12.5 Å². The second kappa shape index (κ2) is 6.80. The summed E-state index contributed by atoms with van der Waals surface area (Å²) in [6, 6.07) is 7.27. The fraction of sp³-hybridized carbons (Fsp3) is 0.389.